The standard InChI is InChI=1S/C6H2BrIN4O/c7-3-1-9-2-10-4(3)5-11-12-6(8)13-5/h1-2H. The Morgan fingerprint density at radius 1 is 1.38 bits per heavy atom. The van der Waals surface area contributed by atoms with E-state index < -0.39 is 0 Å². The maximum absolute atomic E-state index is 5.19. The summed E-state index contributed by atoms with van der Waals surface area (Å²) in [5, 5.41) is 7.53. The summed E-state index contributed by atoms with van der Waals surface area (Å²) in [6.07, 6.45) is 3.05. The molecule has 0 saturated heterocycles. The second-order valence-corrected chi connectivity index (χ2v) is 3.86. The Morgan fingerprint density at radius 3 is 2.85 bits per heavy atom. The average molecular weight is 353 g/mol. The molecule has 0 aromatic carbocycles. The third-order valence-electron chi connectivity index (χ3n) is 1.27. The van der Waals surface area contributed by atoms with E-state index in [4.69, 9.17) is 4.42 Å². The highest BCUT2D eigenvalue weighted by molar-refractivity contribution is 14.1. The minimum atomic E-state index is 0.388. The van der Waals surface area contributed by atoms with E-state index in [1.54, 1.807) is 6.20 Å². The highest BCUT2D eigenvalue weighted by Gasteiger charge is 2.11. The molecule has 0 spiro atoms. The summed E-state index contributed by atoms with van der Waals surface area (Å²) >= 11 is 5.23. The average Bonchev–Trinajstić information content (AvgIpc) is 2.53. The van der Waals surface area contributed by atoms with E-state index in [0.717, 1.165) is 4.47 Å². The maximum atomic E-state index is 5.19. The van der Waals surface area contributed by atoms with E-state index in [1.807, 2.05) is 22.6 Å². The molecule has 0 aliphatic rings. The van der Waals surface area contributed by atoms with Gasteiger partial charge in [-0.05, 0) is 15.9 Å². The molecule has 0 bridgehead atoms. The van der Waals surface area contributed by atoms with Crippen LogP contribution in [0.15, 0.2) is 21.4 Å². The Kier molecular flexibility index (Phi) is 2.54. The van der Waals surface area contributed by atoms with E-state index >= 15 is 0 Å². The van der Waals surface area contributed by atoms with Crippen molar-refractivity contribution in [1.82, 2.24) is 20.2 Å². The number of nitrogens with zero attached hydrogens (tertiary/aromatic N) is 4. The molecule has 13 heavy (non-hydrogen) atoms. The monoisotopic (exact) mass is 352 g/mol. The van der Waals surface area contributed by atoms with Gasteiger partial charge in [-0.2, -0.15) is 0 Å². The van der Waals surface area contributed by atoms with Crippen LogP contribution in [-0.2, 0) is 0 Å². The van der Waals surface area contributed by atoms with Gasteiger partial charge in [0, 0.05) is 28.8 Å². The Labute approximate surface area is 95.3 Å². The van der Waals surface area contributed by atoms with Crippen LogP contribution in [0.4, 0.5) is 0 Å². The molecular weight excluding hydrogens is 351 g/mol. The maximum Gasteiger partial charge on any atom is 0.278 e. The van der Waals surface area contributed by atoms with E-state index in [9.17, 15) is 0 Å². The van der Waals surface area contributed by atoms with Gasteiger partial charge >= 0.3 is 0 Å². The molecule has 0 N–H and O–H groups in total. The number of rotatable bonds is 1. The number of hydrogen-bond acceptors (Lipinski definition) is 5. The molecule has 0 atom stereocenters. The molecule has 2 rings (SSSR count). The summed E-state index contributed by atoms with van der Waals surface area (Å²) in [5.74, 6) is 0.388. The fourth-order valence-corrected chi connectivity index (χ4v) is 1.48. The van der Waals surface area contributed by atoms with Crippen LogP contribution in [0.2, 0.25) is 0 Å². The van der Waals surface area contributed by atoms with Crippen LogP contribution < -0.4 is 0 Å². The van der Waals surface area contributed by atoms with Gasteiger partial charge in [0.05, 0.1) is 4.47 Å². The summed E-state index contributed by atoms with van der Waals surface area (Å²) in [5.41, 5.74) is 0.602. The van der Waals surface area contributed by atoms with Crippen molar-refractivity contribution in [2.24, 2.45) is 0 Å². The van der Waals surface area contributed by atoms with Gasteiger partial charge in [0.2, 0.25) is 0 Å². The van der Waals surface area contributed by atoms with Crippen LogP contribution in [0.25, 0.3) is 11.6 Å². The summed E-state index contributed by atoms with van der Waals surface area (Å²) in [7, 11) is 0. The zero-order chi connectivity index (χ0) is 9.26. The van der Waals surface area contributed by atoms with Gasteiger partial charge in [0.15, 0.2) is 0 Å². The highest BCUT2D eigenvalue weighted by atomic mass is 127. The van der Waals surface area contributed by atoms with Gasteiger partial charge < -0.3 is 4.42 Å². The number of halogens is 2. The first-order chi connectivity index (χ1) is 6.27. The van der Waals surface area contributed by atoms with Gasteiger partial charge in [-0.1, -0.05) is 0 Å². The molecule has 0 unspecified atom stereocenters. The van der Waals surface area contributed by atoms with Crippen molar-refractivity contribution in [3.8, 4) is 11.6 Å². The van der Waals surface area contributed by atoms with E-state index in [-0.39, 0.29) is 0 Å². The Morgan fingerprint density at radius 2 is 2.23 bits per heavy atom. The highest BCUT2D eigenvalue weighted by Crippen LogP contribution is 2.23. The van der Waals surface area contributed by atoms with Crippen LogP contribution >= 0.6 is 38.5 Å². The lowest BCUT2D eigenvalue weighted by Gasteiger charge is -1.94. The van der Waals surface area contributed by atoms with Gasteiger partial charge in [-0.25, -0.2) is 9.97 Å². The molecule has 0 aliphatic heterocycles. The zero-order valence-corrected chi connectivity index (χ0v) is 9.85. The zero-order valence-electron chi connectivity index (χ0n) is 6.11. The van der Waals surface area contributed by atoms with Crippen LogP contribution in [0.1, 0.15) is 0 Å². The molecular formula is C6H2BrIN4O. The minimum Gasteiger partial charge on any atom is -0.410 e. The second-order valence-electron chi connectivity index (χ2n) is 2.08. The Hall–Kier alpha value is -0.570. The summed E-state index contributed by atoms with van der Waals surface area (Å²) < 4.78 is 6.41. The van der Waals surface area contributed by atoms with Gasteiger partial charge in [0.1, 0.15) is 12.0 Å². The largest absolute Gasteiger partial charge is 0.410 e. The fraction of sp³-hybridized carbons (Fsp3) is 0. The second kappa shape index (κ2) is 3.66. The topological polar surface area (TPSA) is 64.7 Å². The summed E-state index contributed by atoms with van der Waals surface area (Å²) in [6, 6.07) is 0. The van der Waals surface area contributed by atoms with Crippen molar-refractivity contribution >= 4 is 38.5 Å². The van der Waals surface area contributed by atoms with Crippen molar-refractivity contribution in [3.05, 3.63) is 20.9 Å². The lowest BCUT2D eigenvalue weighted by Crippen LogP contribution is -1.86. The van der Waals surface area contributed by atoms with Crippen molar-refractivity contribution in [1.29, 1.82) is 0 Å². The Balaban J connectivity index is 2.52. The van der Waals surface area contributed by atoms with Crippen LogP contribution in [-0.4, -0.2) is 20.2 Å². The van der Waals surface area contributed by atoms with Crippen LogP contribution in [0.5, 0.6) is 0 Å². The van der Waals surface area contributed by atoms with Crippen molar-refractivity contribution in [2.75, 3.05) is 0 Å². The van der Waals surface area contributed by atoms with Gasteiger partial charge in [-0.3, -0.25) is 0 Å². The lowest BCUT2D eigenvalue weighted by atomic mass is 10.4. The predicted molar refractivity (Wildman–Crippen MR) is 55.7 cm³/mol. The number of aromatic nitrogens is 4. The molecule has 7 heteroatoms. The predicted octanol–water partition coefficient (Wildman–Crippen LogP) is 1.89. The molecule has 0 amide bonds. The number of hydrogen-bond donors (Lipinski definition) is 0. The normalized spacial score (nSPS) is 10.3. The van der Waals surface area contributed by atoms with E-state index in [2.05, 4.69) is 36.1 Å². The third kappa shape index (κ3) is 1.85. The lowest BCUT2D eigenvalue weighted by molar-refractivity contribution is 0.534. The van der Waals surface area contributed by atoms with E-state index in [0.29, 0.717) is 15.5 Å². The van der Waals surface area contributed by atoms with Crippen molar-refractivity contribution < 1.29 is 4.42 Å². The van der Waals surface area contributed by atoms with E-state index in [1.165, 1.54) is 6.33 Å². The first kappa shape index (κ1) is 9.00. The smallest absolute Gasteiger partial charge is 0.278 e. The van der Waals surface area contributed by atoms with Crippen molar-refractivity contribution in [2.45, 2.75) is 0 Å². The molecule has 2 aromatic heterocycles. The molecule has 2 aromatic rings. The summed E-state index contributed by atoms with van der Waals surface area (Å²) in [4.78, 5) is 7.83. The first-order valence-corrected chi connectivity index (χ1v) is 5.09. The van der Waals surface area contributed by atoms with Crippen molar-refractivity contribution in [3.63, 3.8) is 0 Å². The van der Waals surface area contributed by atoms with Crippen LogP contribution in [0, 0.1) is 3.90 Å². The quantitative estimate of drug-likeness (QED) is 0.733. The minimum absolute atomic E-state index is 0.388. The molecule has 66 valence electrons. The molecule has 0 aliphatic carbocycles. The van der Waals surface area contributed by atoms with Crippen LogP contribution in [0.3, 0.4) is 0 Å². The first-order valence-electron chi connectivity index (χ1n) is 3.22. The van der Waals surface area contributed by atoms with Gasteiger partial charge in [-0.15, -0.1) is 10.2 Å². The molecule has 5 nitrogen and oxygen atoms in total. The third-order valence-corrected chi connectivity index (χ3v) is 2.29. The van der Waals surface area contributed by atoms with Gasteiger partial charge in [0.25, 0.3) is 9.79 Å². The molecule has 2 heterocycles. The Bertz CT molecular complexity index is 432. The SMILES string of the molecule is Brc1cncnc1-c1nnc(I)o1. The molecule has 0 radical (unpaired) electrons. The molecule has 0 saturated carbocycles. The summed E-state index contributed by atoms with van der Waals surface area (Å²) in [6.45, 7) is 0. The fourth-order valence-electron chi connectivity index (χ4n) is 0.771. The molecule has 0 fully saturated rings.